The quantitative estimate of drug-likeness (QED) is 0.896. The molecule has 18 heavy (non-hydrogen) atoms. The lowest BCUT2D eigenvalue weighted by atomic mass is 10.1. The van der Waals surface area contributed by atoms with Gasteiger partial charge in [0.15, 0.2) is 0 Å². The SMILES string of the molecule is Cc1cc(C(=O)Nc2cc(Br)ccn2)ccc1O. The van der Waals surface area contributed by atoms with E-state index in [-0.39, 0.29) is 11.7 Å². The Morgan fingerprint density at radius 2 is 2.11 bits per heavy atom. The summed E-state index contributed by atoms with van der Waals surface area (Å²) in [5.74, 6) is 0.385. The molecular formula is C13H11BrN2O2. The van der Waals surface area contributed by atoms with Crippen LogP contribution in [0.1, 0.15) is 15.9 Å². The summed E-state index contributed by atoms with van der Waals surface area (Å²) in [4.78, 5) is 16.0. The average Bonchev–Trinajstić information content (AvgIpc) is 2.32. The molecule has 2 rings (SSSR count). The summed E-state index contributed by atoms with van der Waals surface area (Å²) < 4.78 is 0.842. The van der Waals surface area contributed by atoms with Crippen molar-refractivity contribution in [3.8, 4) is 5.75 Å². The van der Waals surface area contributed by atoms with Crippen LogP contribution in [0.4, 0.5) is 5.82 Å². The maximum atomic E-state index is 11.9. The van der Waals surface area contributed by atoms with Crippen molar-refractivity contribution in [1.82, 2.24) is 4.98 Å². The Morgan fingerprint density at radius 1 is 1.33 bits per heavy atom. The number of nitrogens with one attached hydrogen (secondary N) is 1. The lowest BCUT2D eigenvalue weighted by Gasteiger charge is -2.06. The molecule has 0 aliphatic rings. The van der Waals surface area contributed by atoms with E-state index in [0.29, 0.717) is 16.9 Å². The van der Waals surface area contributed by atoms with Crippen LogP contribution in [0.3, 0.4) is 0 Å². The van der Waals surface area contributed by atoms with Crippen LogP contribution in [-0.4, -0.2) is 16.0 Å². The fourth-order valence-electron chi connectivity index (χ4n) is 1.46. The summed E-state index contributed by atoms with van der Waals surface area (Å²) in [7, 11) is 0. The smallest absolute Gasteiger partial charge is 0.256 e. The zero-order chi connectivity index (χ0) is 13.1. The summed E-state index contributed by atoms with van der Waals surface area (Å²) in [5.41, 5.74) is 1.14. The van der Waals surface area contributed by atoms with E-state index in [2.05, 4.69) is 26.2 Å². The number of benzene rings is 1. The van der Waals surface area contributed by atoms with Gasteiger partial charge in [-0.1, -0.05) is 15.9 Å². The highest BCUT2D eigenvalue weighted by Gasteiger charge is 2.08. The highest BCUT2D eigenvalue weighted by molar-refractivity contribution is 9.10. The number of halogens is 1. The third-order valence-electron chi connectivity index (χ3n) is 2.42. The van der Waals surface area contributed by atoms with Crippen LogP contribution in [0, 0.1) is 6.92 Å². The minimum Gasteiger partial charge on any atom is -0.508 e. The zero-order valence-corrected chi connectivity index (χ0v) is 11.2. The normalized spacial score (nSPS) is 10.1. The second-order valence-corrected chi connectivity index (χ2v) is 4.73. The minimum atomic E-state index is -0.260. The Bertz CT molecular complexity index is 599. The van der Waals surface area contributed by atoms with E-state index in [0.717, 1.165) is 4.47 Å². The van der Waals surface area contributed by atoms with Crippen molar-refractivity contribution in [1.29, 1.82) is 0 Å². The number of phenolic OH excluding ortho intramolecular Hbond substituents is 1. The van der Waals surface area contributed by atoms with Gasteiger partial charge in [-0.25, -0.2) is 4.98 Å². The molecule has 0 atom stereocenters. The Hall–Kier alpha value is -1.88. The molecule has 4 nitrogen and oxygen atoms in total. The van der Waals surface area contributed by atoms with Gasteiger partial charge in [-0.15, -0.1) is 0 Å². The molecule has 1 amide bonds. The van der Waals surface area contributed by atoms with Gasteiger partial charge in [0.05, 0.1) is 0 Å². The van der Waals surface area contributed by atoms with E-state index < -0.39 is 0 Å². The van der Waals surface area contributed by atoms with Gasteiger partial charge >= 0.3 is 0 Å². The largest absolute Gasteiger partial charge is 0.508 e. The predicted octanol–water partition coefficient (Wildman–Crippen LogP) is 3.11. The molecule has 2 N–H and O–H groups in total. The topological polar surface area (TPSA) is 62.2 Å². The van der Waals surface area contributed by atoms with Gasteiger partial charge in [0, 0.05) is 16.2 Å². The molecular weight excluding hydrogens is 296 g/mol. The number of aryl methyl sites for hydroxylation is 1. The number of pyridine rings is 1. The summed E-state index contributed by atoms with van der Waals surface area (Å²) in [6, 6.07) is 8.18. The number of amides is 1. The van der Waals surface area contributed by atoms with E-state index in [1.165, 1.54) is 6.07 Å². The Kier molecular flexibility index (Phi) is 3.62. The number of hydrogen-bond donors (Lipinski definition) is 2. The highest BCUT2D eigenvalue weighted by Crippen LogP contribution is 2.18. The maximum absolute atomic E-state index is 11.9. The third kappa shape index (κ3) is 2.87. The Balaban J connectivity index is 2.19. The number of aromatic nitrogens is 1. The lowest BCUT2D eigenvalue weighted by Crippen LogP contribution is -2.12. The minimum absolute atomic E-state index is 0.173. The first-order valence-corrected chi connectivity index (χ1v) is 6.08. The predicted molar refractivity (Wildman–Crippen MR) is 72.7 cm³/mol. The highest BCUT2D eigenvalue weighted by atomic mass is 79.9. The van der Waals surface area contributed by atoms with Gasteiger partial charge < -0.3 is 10.4 Å². The monoisotopic (exact) mass is 306 g/mol. The molecule has 0 saturated carbocycles. The molecule has 0 aliphatic heterocycles. The fraction of sp³-hybridized carbons (Fsp3) is 0.0769. The number of carbonyl (C=O) groups is 1. The molecule has 0 unspecified atom stereocenters. The Labute approximate surface area is 113 Å². The molecule has 0 fully saturated rings. The maximum Gasteiger partial charge on any atom is 0.256 e. The fourth-order valence-corrected chi connectivity index (χ4v) is 1.79. The number of hydrogen-bond acceptors (Lipinski definition) is 3. The molecule has 0 radical (unpaired) electrons. The van der Waals surface area contributed by atoms with E-state index >= 15 is 0 Å². The van der Waals surface area contributed by atoms with E-state index in [9.17, 15) is 9.90 Å². The first kappa shape index (κ1) is 12.6. The van der Waals surface area contributed by atoms with Crippen LogP contribution in [0.15, 0.2) is 41.0 Å². The van der Waals surface area contributed by atoms with Gasteiger partial charge in [-0.3, -0.25) is 4.79 Å². The number of anilines is 1. The van der Waals surface area contributed by atoms with Crippen molar-refractivity contribution in [3.05, 3.63) is 52.1 Å². The molecule has 1 aromatic heterocycles. The average molecular weight is 307 g/mol. The van der Waals surface area contributed by atoms with Crippen LogP contribution in [0.5, 0.6) is 5.75 Å². The standard InChI is InChI=1S/C13H11BrN2O2/c1-8-6-9(2-3-11(8)17)13(18)16-12-7-10(14)4-5-15-12/h2-7,17H,1H3,(H,15,16,18). The van der Waals surface area contributed by atoms with E-state index in [1.54, 1.807) is 37.4 Å². The molecule has 92 valence electrons. The van der Waals surface area contributed by atoms with Gasteiger partial charge in [-0.05, 0) is 42.8 Å². The first-order chi connectivity index (χ1) is 8.56. The van der Waals surface area contributed by atoms with E-state index in [1.807, 2.05) is 0 Å². The molecule has 0 saturated heterocycles. The number of carbonyl (C=O) groups excluding carboxylic acids is 1. The van der Waals surface area contributed by atoms with Gasteiger partial charge in [0.2, 0.25) is 0 Å². The lowest BCUT2D eigenvalue weighted by molar-refractivity contribution is 0.102. The van der Waals surface area contributed by atoms with Gasteiger partial charge in [0.1, 0.15) is 11.6 Å². The Morgan fingerprint density at radius 3 is 2.78 bits per heavy atom. The number of rotatable bonds is 2. The third-order valence-corrected chi connectivity index (χ3v) is 2.92. The van der Waals surface area contributed by atoms with Crippen molar-refractivity contribution in [2.24, 2.45) is 0 Å². The van der Waals surface area contributed by atoms with Crippen LogP contribution in [-0.2, 0) is 0 Å². The van der Waals surface area contributed by atoms with Crippen LogP contribution < -0.4 is 5.32 Å². The molecule has 0 spiro atoms. The molecule has 1 heterocycles. The second kappa shape index (κ2) is 5.18. The number of aromatic hydroxyl groups is 1. The summed E-state index contributed by atoms with van der Waals surface area (Å²) in [5, 5.41) is 12.1. The van der Waals surface area contributed by atoms with Crippen molar-refractivity contribution >= 4 is 27.7 Å². The van der Waals surface area contributed by atoms with Crippen LogP contribution >= 0.6 is 15.9 Å². The van der Waals surface area contributed by atoms with Crippen LogP contribution in [0.25, 0.3) is 0 Å². The van der Waals surface area contributed by atoms with Gasteiger partial charge in [0.25, 0.3) is 5.91 Å². The van der Waals surface area contributed by atoms with Crippen LogP contribution in [0.2, 0.25) is 0 Å². The van der Waals surface area contributed by atoms with E-state index in [4.69, 9.17) is 0 Å². The molecule has 2 aromatic rings. The van der Waals surface area contributed by atoms with Crippen molar-refractivity contribution in [2.75, 3.05) is 5.32 Å². The number of phenols is 1. The van der Waals surface area contributed by atoms with Crippen molar-refractivity contribution in [3.63, 3.8) is 0 Å². The molecule has 5 heteroatoms. The molecule has 0 bridgehead atoms. The first-order valence-electron chi connectivity index (χ1n) is 5.29. The van der Waals surface area contributed by atoms with Crippen molar-refractivity contribution in [2.45, 2.75) is 6.92 Å². The summed E-state index contributed by atoms with van der Waals surface area (Å²) in [6.07, 6.45) is 1.60. The molecule has 1 aromatic carbocycles. The summed E-state index contributed by atoms with van der Waals surface area (Å²) >= 11 is 3.31. The second-order valence-electron chi connectivity index (χ2n) is 3.81. The summed E-state index contributed by atoms with van der Waals surface area (Å²) in [6.45, 7) is 1.74. The van der Waals surface area contributed by atoms with Crippen molar-refractivity contribution < 1.29 is 9.90 Å². The zero-order valence-electron chi connectivity index (χ0n) is 9.64. The van der Waals surface area contributed by atoms with Gasteiger partial charge in [-0.2, -0.15) is 0 Å². The number of nitrogens with zero attached hydrogens (tertiary/aromatic N) is 1. The molecule has 0 aliphatic carbocycles.